The predicted molar refractivity (Wildman–Crippen MR) is 98.3 cm³/mol. The highest BCUT2D eigenvalue weighted by Gasteiger charge is 2.09. The largest absolute Gasteiger partial charge is 0.493 e. The van der Waals surface area contributed by atoms with Crippen molar-refractivity contribution in [2.24, 2.45) is 5.73 Å². The predicted octanol–water partition coefficient (Wildman–Crippen LogP) is 4.29. The summed E-state index contributed by atoms with van der Waals surface area (Å²) in [7, 11) is 3.26. The van der Waals surface area contributed by atoms with E-state index >= 15 is 0 Å². The number of hydrogen-bond acceptors (Lipinski definition) is 4. The zero-order chi connectivity index (χ0) is 17.5. The molecule has 1 aromatic heterocycles. The van der Waals surface area contributed by atoms with E-state index in [-0.39, 0.29) is 5.92 Å². The van der Waals surface area contributed by atoms with Crippen LogP contribution < -0.4 is 15.2 Å². The quantitative estimate of drug-likeness (QED) is 0.805. The second-order valence-electron chi connectivity index (χ2n) is 5.51. The molecule has 1 unspecified atom stereocenters. The van der Waals surface area contributed by atoms with E-state index in [9.17, 15) is 0 Å². The molecule has 0 bridgehead atoms. The lowest BCUT2D eigenvalue weighted by Crippen LogP contribution is -1.95. The average Bonchev–Trinajstić information content (AvgIpc) is 2.65. The molecule has 0 saturated carbocycles. The van der Waals surface area contributed by atoms with Gasteiger partial charge in [0.2, 0.25) is 0 Å². The molecule has 1 atom stereocenters. The second-order valence-corrected chi connectivity index (χ2v) is 5.51. The van der Waals surface area contributed by atoms with E-state index in [0.717, 1.165) is 22.4 Å². The molecule has 4 nitrogen and oxygen atoms in total. The van der Waals surface area contributed by atoms with E-state index in [2.05, 4.69) is 24.1 Å². The Balaban J connectivity index is 2.32. The fourth-order valence-corrected chi connectivity index (χ4v) is 2.34. The third kappa shape index (κ3) is 4.16. The van der Waals surface area contributed by atoms with E-state index < -0.39 is 0 Å². The fourth-order valence-electron chi connectivity index (χ4n) is 2.34. The highest BCUT2D eigenvalue weighted by atomic mass is 16.5. The highest BCUT2D eigenvalue weighted by molar-refractivity contribution is 5.67. The first-order valence-electron chi connectivity index (χ1n) is 7.86. The van der Waals surface area contributed by atoms with Crippen molar-refractivity contribution < 1.29 is 9.47 Å². The number of hydrogen-bond donors (Lipinski definition) is 1. The van der Waals surface area contributed by atoms with Crippen LogP contribution in [0.5, 0.6) is 11.5 Å². The summed E-state index contributed by atoms with van der Waals surface area (Å²) in [6, 6.07) is 7.99. The van der Waals surface area contributed by atoms with Gasteiger partial charge in [0.25, 0.3) is 0 Å². The molecule has 0 aliphatic heterocycles. The molecule has 4 heteroatoms. The Morgan fingerprint density at radius 3 is 2.50 bits per heavy atom. The summed E-state index contributed by atoms with van der Waals surface area (Å²) in [5.41, 5.74) is 9.76. The molecule has 2 N–H and O–H groups in total. The maximum atomic E-state index is 5.81. The van der Waals surface area contributed by atoms with E-state index in [1.807, 2.05) is 49.7 Å². The number of methoxy groups -OCH3 is 2. The van der Waals surface area contributed by atoms with Gasteiger partial charge in [-0.1, -0.05) is 25.1 Å². The van der Waals surface area contributed by atoms with Crippen LogP contribution in [0.2, 0.25) is 0 Å². The Labute approximate surface area is 143 Å². The summed E-state index contributed by atoms with van der Waals surface area (Å²) in [5, 5.41) is 0. The molecule has 0 aliphatic carbocycles. The Morgan fingerprint density at radius 2 is 1.83 bits per heavy atom. The first kappa shape index (κ1) is 17.6. The van der Waals surface area contributed by atoms with Gasteiger partial charge in [0.15, 0.2) is 11.5 Å². The van der Waals surface area contributed by atoms with Crippen LogP contribution in [0.25, 0.3) is 11.1 Å². The topological polar surface area (TPSA) is 57.4 Å². The van der Waals surface area contributed by atoms with Gasteiger partial charge in [-0.05, 0) is 42.3 Å². The van der Waals surface area contributed by atoms with Gasteiger partial charge in [0, 0.05) is 29.6 Å². The van der Waals surface area contributed by atoms with Gasteiger partial charge in [-0.2, -0.15) is 0 Å². The van der Waals surface area contributed by atoms with Gasteiger partial charge in [-0.25, -0.2) is 0 Å². The third-order valence-corrected chi connectivity index (χ3v) is 3.91. The van der Waals surface area contributed by atoms with Crippen molar-refractivity contribution in [2.75, 3.05) is 14.2 Å². The monoisotopic (exact) mass is 324 g/mol. The summed E-state index contributed by atoms with van der Waals surface area (Å²) in [5.74, 6) is 1.63. The average molecular weight is 324 g/mol. The Bertz CT molecular complexity index is 751. The SMILES string of the molecule is C/C=C(N)\C=C/C(C)c1cncc(-c2ccc(OC)c(OC)c2)c1. The van der Waals surface area contributed by atoms with Gasteiger partial charge in [-0.15, -0.1) is 0 Å². The Morgan fingerprint density at radius 1 is 1.08 bits per heavy atom. The summed E-state index contributed by atoms with van der Waals surface area (Å²) < 4.78 is 10.7. The van der Waals surface area contributed by atoms with Crippen molar-refractivity contribution in [1.29, 1.82) is 0 Å². The molecule has 0 aliphatic rings. The van der Waals surface area contributed by atoms with E-state index in [0.29, 0.717) is 11.5 Å². The normalized spacial score (nSPS) is 13.1. The Hall–Kier alpha value is -2.75. The number of ether oxygens (including phenoxy) is 2. The van der Waals surface area contributed by atoms with Crippen LogP contribution in [0.15, 0.2) is 60.6 Å². The first-order chi connectivity index (χ1) is 11.6. The fraction of sp³-hybridized carbons (Fsp3) is 0.250. The van der Waals surface area contributed by atoms with Crippen molar-refractivity contribution in [3.8, 4) is 22.6 Å². The van der Waals surface area contributed by atoms with Crippen molar-refractivity contribution in [1.82, 2.24) is 4.98 Å². The zero-order valence-electron chi connectivity index (χ0n) is 14.6. The van der Waals surface area contributed by atoms with Crippen LogP contribution >= 0.6 is 0 Å². The van der Waals surface area contributed by atoms with E-state index in [1.54, 1.807) is 14.2 Å². The number of pyridine rings is 1. The van der Waals surface area contributed by atoms with Crippen molar-refractivity contribution >= 4 is 0 Å². The van der Waals surface area contributed by atoms with Crippen LogP contribution in [0.4, 0.5) is 0 Å². The molecule has 0 fully saturated rings. The maximum absolute atomic E-state index is 5.81. The first-order valence-corrected chi connectivity index (χ1v) is 7.86. The smallest absolute Gasteiger partial charge is 0.161 e. The molecule has 0 amide bonds. The minimum atomic E-state index is 0.219. The molecular formula is C20H24N2O2. The molecule has 0 saturated heterocycles. The summed E-state index contributed by atoms with van der Waals surface area (Å²) in [6.07, 6.45) is 9.60. The molecule has 1 heterocycles. The minimum Gasteiger partial charge on any atom is -0.493 e. The van der Waals surface area contributed by atoms with Gasteiger partial charge in [-0.3, -0.25) is 4.98 Å². The summed E-state index contributed by atoms with van der Waals surface area (Å²) in [4.78, 5) is 4.38. The molecule has 2 rings (SSSR count). The number of allylic oxidation sites excluding steroid dienone is 3. The number of rotatable bonds is 6. The van der Waals surface area contributed by atoms with E-state index in [4.69, 9.17) is 15.2 Å². The van der Waals surface area contributed by atoms with Crippen LogP contribution in [0.3, 0.4) is 0 Å². The summed E-state index contributed by atoms with van der Waals surface area (Å²) >= 11 is 0. The number of nitrogens with two attached hydrogens (primary N) is 1. The van der Waals surface area contributed by atoms with Crippen LogP contribution in [-0.4, -0.2) is 19.2 Å². The van der Waals surface area contributed by atoms with Gasteiger partial charge in [0.1, 0.15) is 0 Å². The highest BCUT2D eigenvalue weighted by Crippen LogP contribution is 2.32. The van der Waals surface area contributed by atoms with Crippen molar-refractivity contribution in [2.45, 2.75) is 19.8 Å². The van der Waals surface area contributed by atoms with Gasteiger partial charge in [0.05, 0.1) is 14.2 Å². The van der Waals surface area contributed by atoms with Crippen LogP contribution in [0.1, 0.15) is 25.3 Å². The van der Waals surface area contributed by atoms with Gasteiger partial charge < -0.3 is 15.2 Å². The van der Waals surface area contributed by atoms with Crippen LogP contribution in [-0.2, 0) is 0 Å². The lowest BCUT2D eigenvalue weighted by Gasteiger charge is -2.12. The van der Waals surface area contributed by atoms with Crippen LogP contribution in [0, 0.1) is 0 Å². The maximum Gasteiger partial charge on any atom is 0.161 e. The molecule has 0 spiro atoms. The standard InChI is InChI=1S/C20H24N2O2/c1-5-18(21)8-6-14(2)16-10-17(13-22-12-16)15-7-9-19(23-3)20(11-15)24-4/h5-14H,21H2,1-4H3/b8-6-,18-5+. The zero-order valence-corrected chi connectivity index (χ0v) is 14.6. The minimum absolute atomic E-state index is 0.219. The number of aromatic nitrogens is 1. The third-order valence-electron chi connectivity index (χ3n) is 3.91. The second kappa shape index (κ2) is 8.20. The molecule has 126 valence electrons. The molecule has 2 aromatic rings. The van der Waals surface area contributed by atoms with Crippen molar-refractivity contribution in [3.63, 3.8) is 0 Å². The molecule has 1 aromatic carbocycles. The van der Waals surface area contributed by atoms with Gasteiger partial charge >= 0.3 is 0 Å². The number of benzene rings is 1. The molecule has 0 radical (unpaired) electrons. The lowest BCUT2D eigenvalue weighted by molar-refractivity contribution is 0.355. The van der Waals surface area contributed by atoms with E-state index in [1.165, 1.54) is 0 Å². The molecular weight excluding hydrogens is 300 g/mol. The Kier molecular flexibility index (Phi) is 6.01. The molecule has 24 heavy (non-hydrogen) atoms. The summed E-state index contributed by atoms with van der Waals surface area (Å²) in [6.45, 7) is 4.04. The lowest BCUT2D eigenvalue weighted by atomic mass is 9.98. The number of nitrogens with zero attached hydrogens (tertiary/aromatic N) is 1. The van der Waals surface area contributed by atoms with Crippen molar-refractivity contribution in [3.05, 3.63) is 66.1 Å².